The first-order valence-corrected chi connectivity index (χ1v) is 10.4. The predicted molar refractivity (Wildman–Crippen MR) is 104 cm³/mol. The predicted octanol–water partition coefficient (Wildman–Crippen LogP) is 5.67. The minimum absolute atomic E-state index is 0.0901. The molecule has 1 aromatic heterocycles. The van der Waals surface area contributed by atoms with Crippen molar-refractivity contribution in [2.75, 3.05) is 0 Å². The zero-order valence-corrected chi connectivity index (χ0v) is 16.0. The third kappa shape index (κ3) is 5.29. The molecule has 3 rings (SSSR count). The van der Waals surface area contributed by atoms with E-state index in [1.165, 1.54) is 24.8 Å². The van der Waals surface area contributed by atoms with Gasteiger partial charge in [0.1, 0.15) is 5.76 Å². The highest BCUT2D eigenvalue weighted by molar-refractivity contribution is 7.97. The van der Waals surface area contributed by atoms with Gasteiger partial charge in [-0.3, -0.25) is 4.79 Å². The summed E-state index contributed by atoms with van der Waals surface area (Å²) in [5.41, 5.74) is 1.23. The van der Waals surface area contributed by atoms with E-state index in [0.29, 0.717) is 11.7 Å². The van der Waals surface area contributed by atoms with Gasteiger partial charge in [0.15, 0.2) is 5.76 Å². The molecule has 2 aromatic rings. The van der Waals surface area contributed by atoms with Crippen molar-refractivity contribution in [3.05, 3.63) is 58.5 Å². The number of carbonyl (C=O) groups is 1. The molecular formula is C20H24ClNO2S. The molecule has 0 saturated heterocycles. The zero-order chi connectivity index (χ0) is 17.6. The SMILES string of the molecule is C[C@@H]1CCCC[C@H]1NC(=O)c1ccc(CSCc2ccc(Cl)cc2)o1. The number of carbonyl (C=O) groups excluding carboxylic acids is 1. The number of rotatable bonds is 6. The van der Waals surface area contributed by atoms with E-state index in [-0.39, 0.29) is 11.9 Å². The molecule has 0 radical (unpaired) electrons. The van der Waals surface area contributed by atoms with E-state index < -0.39 is 0 Å². The van der Waals surface area contributed by atoms with Gasteiger partial charge < -0.3 is 9.73 Å². The Kier molecular flexibility index (Phi) is 6.49. The number of thioether (sulfide) groups is 1. The van der Waals surface area contributed by atoms with Gasteiger partial charge in [0.25, 0.3) is 5.91 Å². The second kappa shape index (κ2) is 8.81. The maximum Gasteiger partial charge on any atom is 0.287 e. The van der Waals surface area contributed by atoms with E-state index in [2.05, 4.69) is 12.2 Å². The molecule has 134 valence electrons. The molecule has 0 bridgehead atoms. The van der Waals surface area contributed by atoms with Crippen LogP contribution < -0.4 is 5.32 Å². The average molecular weight is 378 g/mol. The second-order valence-corrected chi connectivity index (χ2v) is 8.15. The number of hydrogen-bond acceptors (Lipinski definition) is 3. The summed E-state index contributed by atoms with van der Waals surface area (Å²) in [5, 5.41) is 3.89. The number of halogens is 1. The molecule has 25 heavy (non-hydrogen) atoms. The third-order valence-electron chi connectivity index (χ3n) is 4.74. The van der Waals surface area contributed by atoms with Gasteiger partial charge in [-0.05, 0) is 48.6 Å². The molecule has 1 amide bonds. The standard InChI is InChI=1S/C20H24ClNO2S/c1-14-4-2-3-5-18(14)22-20(23)19-11-10-17(24-19)13-25-12-15-6-8-16(21)9-7-15/h6-11,14,18H,2-5,12-13H2,1H3,(H,22,23)/t14-,18-/m1/s1. The molecule has 1 aromatic carbocycles. The van der Waals surface area contributed by atoms with Crippen molar-refractivity contribution in [2.24, 2.45) is 5.92 Å². The van der Waals surface area contributed by atoms with E-state index in [1.807, 2.05) is 30.3 Å². The molecule has 1 aliphatic rings. The molecule has 0 unspecified atom stereocenters. The molecule has 3 nitrogen and oxygen atoms in total. The minimum Gasteiger partial charge on any atom is -0.455 e. The van der Waals surface area contributed by atoms with Crippen LogP contribution in [0.2, 0.25) is 5.02 Å². The number of benzene rings is 1. The summed E-state index contributed by atoms with van der Waals surface area (Å²) >= 11 is 7.65. The van der Waals surface area contributed by atoms with Gasteiger partial charge in [-0.2, -0.15) is 0 Å². The first-order valence-electron chi connectivity index (χ1n) is 8.83. The van der Waals surface area contributed by atoms with E-state index in [9.17, 15) is 4.79 Å². The second-order valence-electron chi connectivity index (χ2n) is 6.73. The molecule has 0 spiro atoms. The van der Waals surface area contributed by atoms with Crippen molar-refractivity contribution in [1.82, 2.24) is 5.32 Å². The maximum atomic E-state index is 12.4. The van der Waals surface area contributed by atoms with Crippen molar-refractivity contribution in [1.29, 1.82) is 0 Å². The smallest absolute Gasteiger partial charge is 0.287 e. The van der Waals surface area contributed by atoms with E-state index in [1.54, 1.807) is 17.8 Å². The molecular weight excluding hydrogens is 354 g/mol. The number of nitrogens with one attached hydrogen (secondary N) is 1. The van der Waals surface area contributed by atoms with Gasteiger partial charge in [-0.15, -0.1) is 11.8 Å². The van der Waals surface area contributed by atoms with E-state index in [0.717, 1.165) is 28.7 Å². The Labute approximate surface area is 158 Å². The Bertz CT molecular complexity index is 698. The van der Waals surface area contributed by atoms with Gasteiger partial charge in [-0.1, -0.05) is 43.5 Å². The lowest BCUT2D eigenvalue weighted by atomic mass is 9.86. The monoisotopic (exact) mass is 377 g/mol. The van der Waals surface area contributed by atoms with Gasteiger partial charge in [0.2, 0.25) is 0 Å². The summed E-state index contributed by atoms with van der Waals surface area (Å²) in [6.07, 6.45) is 4.72. The topological polar surface area (TPSA) is 42.2 Å². The van der Waals surface area contributed by atoms with Crippen LogP contribution in [0.3, 0.4) is 0 Å². The summed E-state index contributed by atoms with van der Waals surface area (Å²) in [5.74, 6) is 3.34. The van der Waals surface area contributed by atoms with Crippen LogP contribution in [0.15, 0.2) is 40.8 Å². The summed E-state index contributed by atoms with van der Waals surface area (Å²) in [6, 6.07) is 11.8. The number of amides is 1. The Morgan fingerprint density at radius 1 is 1.16 bits per heavy atom. The highest BCUT2D eigenvalue weighted by Crippen LogP contribution is 2.25. The lowest BCUT2D eigenvalue weighted by Crippen LogP contribution is -2.40. The Morgan fingerprint density at radius 2 is 1.92 bits per heavy atom. The van der Waals surface area contributed by atoms with Crippen molar-refractivity contribution in [3.8, 4) is 0 Å². The first kappa shape index (κ1) is 18.4. The van der Waals surface area contributed by atoms with Crippen LogP contribution in [-0.2, 0) is 11.5 Å². The zero-order valence-electron chi connectivity index (χ0n) is 14.5. The fourth-order valence-corrected chi connectivity index (χ4v) is 4.21. The molecule has 1 fully saturated rings. The Balaban J connectivity index is 1.48. The average Bonchev–Trinajstić information content (AvgIpc) is 3.08. The van der Waals surface area contributed by atoms with Crippen LogP contribution in [0, 0.1) is 5.92 Å². The minimum atomic E-state index is -0.0901. The molecule has 5 heteroatoms. The fraction of sp³-hybridized carbons (Fsp3) is 0.450. The molecule has 1 heterocycles. The van der Waals surface area contributed by atoms with Gasteiger partial charge >= 0.3 is 0 Å². The molecule has 2 atom stereocenters. The third-order valence-corrected chi connectivity index (χ3v) is 6.02. The summed E-state index contributed by atoms with van der Waals surface area (Å²) in [7, 11) is 0. The molecule has 1 aliphatic carbocycles. The fourth-order valence-electron chi connectivity index (χ4n) is 3.20. The van der Waals surface area contributed by atoms with Crippen LogP contribution in [0.4, 0.5) is 0 Å². The maximum absolute atomic E-state index is 12.4. The highest BCUT2D eigenvalue weighted by Gasteiger charge is 2.24. The normalized spacial score (nSPS) is 20.4. The molecule has 1 N–H and O–H groups in total. The summed E-state index contributed by atoms with van der Waals surface area (Å²) in [6.45, 7) is 2.21. The van der Waals surface area contributed by atoms with Crippen LogP contribution in [0.5, 0.6) is 0 Å². The van der Waals surface area contributed by atoms with Crippen LogP contribution >= 0.6 is 23.4 Å². The molecule has 0 aliphatic heterocycles. The number of hydrogen-bond donors (Lipinski definition) is 1. The quantitative estimate of drug-likeness (QED) is 0.704. The Hall–Kier alpha value is -1.39. The first-order chi connectivity index (χ1) is 12.1. The van der Waals surface area contributed by atoms with Crippen molar-refractivity contribution in [2.45, 2.75) is 50.2 Å². The highest BCUT2D eigenvalue weighted by atomic mass is 35.5. The van der Waals surface area contributed by atoms with Gasteiger partial charge in [0, 0.05) is 16.8 Å². The lowest BCUT2D eigenvalue weighted by Gasteiger charge is -2.29. The van der Waals surface area contributed by atoms with Gasteiger partial charge in [0.05, 0.1) is 5.75 Å². The number of furan rings is 1. The largest absolute Gasteiger partial charge is 0.455 e. The van der Waals surface area contributed by atoms with Crippen molar-refractivity contribution < 1.29 is 9.21 Å². The lowest BCUT2D eigenvalue weighted by molar-refractivity contribution is 0.0880. The summed E-state index contributed by atoms with van der Waals surface area (Å²) in [4.78, 5) is 12.4. The summed E-state index contributed by atoms with van der Waals surface area (Å²) < 4.78 is 5.73. The van der Waals surface area contributed by atoms with Crippen LogP contribution in [-0.4, -0.2) is 11.9 Å². The molecule has 1 saturated carbocycles. The van der Waals surface area contributed by atoms with Crippen LogP contribution in [0.1, 0.15) is 54.5 Å². The van der Waals surface area contributed by atoms with Crippen molar-refractivity contribution in [3.63, 3.8) is 0 Å². The Morgan fingerprint density at radius 3 is 2.68 bits per heavy atom. The van der Waals surface area contributed by atoms with Gasteiger partial charge in [-0.25, -0.2) is 0 Å². The van der Waals surface area contributed by atoms with Crippen LogP contribution in [0.25, 0.3) is 0 Å². The van der Waals surface area contributed by atoms with E-state index >= 15 is 0 Å². The van der Waals surface area contributed by atoms with E-state index in [4.69, 9.17) is 16.0 Å². The van der Waals surface area contributed by atoms with Crippen molar-refractivity contribution >= 4 is 29.3 Å².